The van der Waals surface area contributed by atoms with Crippen LogP contribution >= 0.6 is 0 Å². The zero-order valence-electron chi connectivity index (χ0n) is 14.5. The summed E-state index contributed by atoms with van der Waals surface area (Å²) in [6.07, 6.45) is 1.57. The number of anilines is 1. The van der Waals surface area contributed by atoms with Gasteiger partial charge >= 0.3 is 0 Å². The molecule has 1 aliphatic heterocycles. The average molecular weight is 372 g/mol. The molecule has 0 bridgehead atoms. The number of benzene rings is 2. The highest BCUT2D eigenvalue weighted by Gasteiger charge is 2.44. The van der Waals surface area contributed by atoms with Crippen molar-refractivity contribution in [2.24, 2.45) is 0 Å². The van der Waals surface area contributed by atoms with Crippen LogP contribution in [0.25, 0.3) is 11.0 Å². The first kappa shape index (κ1) is 16.4. The molecule has 0 aliphatic carbocycles. The van der Waals surface area contributed by atoms with Gasteiger partial charge < -0.3 is 4.42 Å². The van der Waals surface area contributed by atoms with E-state index in [1.54, 1.807) is 60.8 Å². The van der Waals surface area contributed by atoms with Crippen LogP contribution < -0.4 is 10.3 Å². The van der Waals surface area contributed by atoms with Gasteiger partial charge in [0.15, 0.2) is 5.43 Å². The summed E-state index contributed by atoms with van der Waals surface area (Å²) in [5.74, 6) is -0.477. The standard InChI is InChI=1S/C22H13FN2O3/c23-14-10-8-13(9-11-14)19-18-20(26)15-5-1-2-6-16(15)28-21(18)22(27)25(19)17-7-3-4-12-24-17/h1-12,19H/t19-/m1/s1. The molecule has 136 valence electrons. The van der Waals surface area contributed by atoms with Crippen molar-refractivity contribution in [1.29, 1.82) is 0 Å². The second-order valence-electron chi connectivity index (χ2n) is 6.49. The molecule has 0 spiro atoms. The predicted octanol–water partition coefficient (Wildman–Crippen LogP) is 4.08. The Kier molecular flexibility index (Phi) is 3.58. The van der Waals surface area contributed by atoms with Crippen molar-refractivity contribution in [3.8, 4) is 0 Å². The van der Waals surface area contributed by atoms with Crippen LogP contribution in [-0.2, 0) is 0 Å². The molecule has 5 rings (SSSR count). The van der Waals surface area contributed by atoms with Gasteiger partial charge in [-0.2, -0.15) is 0 Å². The lowest BCUT2D eigenvalue weighted by Gasteiger charge is -2.24. The van der Waals surface area contributed by atoms with Crippen molar-refractivity contribution < 1.29 is 13.6 Å². The molecule has 0 fully saturated rings. The van der Waals surface area contributed by atoms with E-state index in [1.807, 2.05) is 0 Å². The minimum atomic E-state index is -0.751. The lowest BCUT2D eigenvalue weighted by atomic mass is 9.98. The monoisotopic (exact) mass is 372 g/mol. The molecule has 0 saturated carbocycles. The minimum absolute atomic E-state index is 0.0105. The van der Waals surface area contributed by atoms with E-state index in [1.165, 1.54) is 17.0 Å². The molecule has 1 aliphatic rings. The number of hydrogen-bond donors (Lipinski definition) is 0. The van der Waals surface area contributed by atoms with E-state index in [-0.39, 0.29) is 16.8 Å². The SMILES string of the molecule is O=C1c2oc3ccccc3c(=O)c2[C@@H](c2ccc(F)cc2)N1c1ccccn1. The van der Waals surface area contributed by atoms with Gasteiger partial charge in [0.25, 0.3) is 5.91 Å². The topological polar surface area (TPSA) is 63.4 Å². The molecule has 5 nitrogen and oxygen atoms in total. The highest BCUT2D eigenvalue weighted by atomic mass is 19.1. The molecule has 1 atom stereocenters. The Morgan fingerprint density at radius 3 is 2.43 bits per heavy atom. The number of fused-ring (bicyclic) bond motifs is 2. The first-order chi connectivity index (χ1) is 13.6. The summed E-state index contributed by atoms with van der Waals surface area (Å²) in [5, 5.41) is 0.393. The molecular weight excluding hydrogens is 359 g/mol. The lowest BCUT2D eigenvalue weighted by Crippen LogP contribution is -2.30. The van der Waals surface area contributed by atoms with Crippen LogP contribution in [0.1, 0.15) is 27.7 Å². The maximum atomic E-state index is 13.5. The fourth-order valence-electron chi connectivity index (χ4n) is 3.61. The van der Waals surface area contributed by atoms with Crippen molar-refractivity contribution >= 4 is 22.7 Å². The second-order valence-corrected chi connectivity index (χ2v) is 6.49. The van der Waals surface area contributed by atoms with E-state index in [2.05, 4.69) is 4.98 Å². The molecular formula is C22H13FN2O3. The van der Waals surface area contributed by atoms with Gasteiger partial charge in [0.1, 0.15) is 17.2 Å². The number of halogens is 1. The summed E-state index contributed by atoms with van der Waals surface area (Å²) < 4.78 is 19.3. The summed E-state index contributed by atoms with van der Waals surface area (Å²) >= 11 is 0. The third kappa shape index (κ3) is 2.35. The average Bonchev–Trinajstić information content (AvgIpc) is 3.02. The molecule has 1 amide bonds. The van der Waals surface area contributed by atoms with E-state index in [0.717, 1.165) is 0 Å². The van der Waals surface area contributed by atoms with E-state index >= 15 is 0 Å². The fraction of sp³-hybridized carbons (Fsp3) is 0.0455. The summed E-state index contributed by atoms with van der Waals surface area (Å²) in [5.41, 5.74) is 0.904. The Hall–Kier alpha value is -3.80. The van der Waals surface area contributed by atoms with Crippen LogP contribution in [0.2, 0.25) is 0 Å². The normalized spacial score (nSPS) is 15.8. The maximum absolute atomic E-state index is 13.5. The van der Waals surface area contributed by atoms with Crippen LogP contribution in [0.5, 0.6) is 0 Å². The number of aromatic nitrogens is 1. The van der Waals surface area contributed by atoms with Crippen molar-refractivity contribution in [1.82, 2.24) is 4.98 Å². The van der Waals surface area contributed by atoms with Crippen LogP contribution in [0.4, 0.5) is 10.2 Å². The molecule has 0 radical (unpaired) electrons. The molecule has 2 aromatic carbocycles. The zero-order valence-corrected chi connectivity index (χ0v) is 14.5. The van der Waals surface area contributed by atoms with E-state index < -0.39 is 17.8 Å². The van der Waals surface area contributed by atoms with Crippen molar-refractivity contribution in [2.45, 2.75) is 6.04 Å². The molecule has 3 heterocycles. The number of carbonyl (C=O) groups is 1. The van der Waals surface area contributed by atoms with Gasteiger partial charge in [-0.3, -0.25) is 14.5 Å². The molecule has 4 aromatic rings. The number of amides is 1. The highest BCUT2D eigenvalue weighted by molar-refractivity contribution is 6.10. The first-order valence-corrected chi connectivity index (χ1v) is 8.71. The largest absolute Gasteiger partial charge is 0.450 e. The molecule has 0 N–H and O–H groups in total. The minimum Gasteiger partial charge on any atom is -0.450 e. The van der Waals surface area contributed by atoms with Gasteiger partial charge in [-0.1, -0.05) is 30.3 Å². The van der Waals surface area contributed by atoms with Crippen LogP contribution in [-0.4, -0.2) is 10.9 Å². The summed E-state index contributed by atoms with van der Waals surface area (Å²) in [4.78, 5) is 32.2. The number of para-hydroxylation sites is 1. The molecule has 28 heavy (non-hydrogen) atoms. The Bertz CT molecular complexity index is 1270. The molecule has 0 saturated heterocycles. The van der Waals surface area contributed by atoms with Crippen LogP contribution in [0, 0.1) is 5.82 Å². The highest BCUT2D eigenvalue weighted by Crippen LogP contribution is 2.40. The summed E-state index contributed by atoms with van der Waals surface area (Å²) in [7, 11) is 0. The number of carbonyl (C=O) groups excluding carboxylic acids is 1. The Balaban J connectivity index is 1.83. The van der Waals surface area contributed by atoms with Gasteiger partial charge in [-0.25, -0.2) is 9.37 Å². The fourth-order valence-corrected chi connectivity index (χ4v) is 3.61. The van der Waals surface area contributed by atoms with E-state index in [0.29, 0.717) is 22.4 Å². The number of pyridine rings is 1. The van der Waals surface area contributed by atoms with E-state index in [4.69, 9.17) is 4.42 Å². The number of nitrogens with zero attached hydrogens (tertiary/aromatic N) is 2. The predicted molar refractivity (Wildman–Crippen MR) is 102 cm³/mol. The summed E-state index contributed by atoms with van der Waals surface area (Å²) in [6, 6.07) is 17.0. The molecule has 2 aromatic heterocycles. The van der Waals surface area contributed by atoms with Gasteiger partial charge in [-0.05, 0) is 42.0 Å². The van der Waals surface area contributed by atoms with Crippen molar-refractivity contribution in [2.75, 3.05) is 4.90 Å². The second kappa shape index (κ2) is 6.13. The van der Waals surface area contributed by atoms with Crippen molar-refractivity contribution in [3.05, 3.63) is 106 Å². The third-order valence-electron chi connectivity index (χ3n) is 4.86. The van der Waals surface area contributed by atoms with Crippen molar-refractivity contribution in [3.63, 3.8) is 0 Å². The van der Waals surface area contributed by atoms with Gasteiger partial charge in [0.2, 0.25) is 5.76 Å². The zero-order chi connectivity index (χ0) is 19.3. The molecule has 6 heteroatoms. The van der Waals surface area contributed by atoms with Gasteiger partial charge in [-0.15, -0.1) is 0 Å². The van der Waals surface area contributed by atoms with E-state index in [9.17, 15) is 14.0 Å². The number of hydrogen-bond acceptors (Lipinski definition) is 4. The smallest absolute Gasteiger partial charge is 0.296 e. The Morgan fingerprint density at radius 2 is 1.68 bits per heavy atom. The quantitative estimate of drug-likeness (QED) is 0.532. The first-order valence-electron chi connectivity index (χ1n) is 8.71. The van der Waals surface area contributed by atoms with Gasteiger partial charge in [0, 0.05) is 6.20 Å². The maximum Gasteiger partial charge on any atom is 0.296 e. The lowest BCUT2D eigenvalue weighted by molar-refractivity contribution is 0.0970. The Morgan fingerprint density at radius 1 is 0.929 bits per heavy atom. The van der Waals surface area contributed by atoms with Gasteiger partial charge in [0.05, 0.1) is 17.0 Å². The van der Waals surface area contributed by atoms with Crippen LogP contribution in [0.3, 0.4) is 0 Å². The number of rotatable bonds is 2. The molecule has 0 unspecified atom stereocenters. The summed E-state index contributed by atoms with van der Waals surface area (Å²) in [6.45, 7) is 0. The Labute approximate surface area is 158 Å². The van der Waals surface area contributed by atoms with Crippen LogP contribution in [0.15, 0.2) is 82.1 Å². The third-order valence-corrected chi connectivity index (χ3v) is 4.86.